The lowest BCUT2D eigenvalue weighted by Gasteiger charge is -2.19. The van der Waals surface area contributed by atoms with Crippen LogP contribution in [0.1, 0.15) is 37.5 Å². The van der Waals surface area contributed by atoms with Crippen LogP contribution in [-0.4, -0.2) is 33.5 Å². The van der Waals surface area contributed by atoms with Gasteiger partial charge in [-0.25, -0.2) is 0 Å². The molecule has 0 spiro atoms. The van der Waals surface area contributed by atoms with Crippen LogP contribution in [0.5, 0.6) is 0 Å². The van der Waals surface area contributed by atoms with Gasteiger partial charge >= 0.3 is 5.97 Å². The highest BCUT2D eigenvalue weighted by molar-refractivity contribution is 5.83. The molecular weight excluding hydrogens is 380 g/mol. The Morgan fingerprint density at radius 2 is 1.80 bits per heavy atom. The average Bonchev–Trinajstić information content (AvgIpc) is 3.46. The Morgan fingerprint density at radius 3 is 2.37 bits per heavy atom. The van der Waals surface area contributed by atoms with Crippen molar-refractivity contribution in [2.75, 3.05) is 0 Å². The normalized spacial score (nSPS) is 16.8. The molecule has 4 rings (SSSR count). The minimum Gasteiger partial charge on any atom is -0.480 e. The fourth-order valence-electron chi connectivity index (χ4n) is 4.08. The van der Waals surface area contributed by atoms with Gasteiger partial charge in [-0.05, 0) is 36.8 Å². The Balaban J connectivity index is 1.75. The summed E-state index contributed by atoms with van der Waals surface area (Å²) in [6.45, 7) is 1.98. The molecule has 30 heavy (non-hydrogen) atoms. The molecule has 4 N–H and O–H groups in total. The summed E-state index contributed by atoms with van der Waals surface area (Å²) in [5, 5.41) is 24.1. The second-order valence-electron chi connectivity index (χ2n) is 8.03. The van der Waals surface area contributed by atoms with Crippen molar-refractivity contribution >= 4 is 5.97 Å². The Kier molecular flexibility index (Phi) is 5.45. The minimum absolute atomic E-state index is 0.261. The van der Waals surface area contributed by atoms with E-state index in [0.29, 0.717) is 6.42 Å². The number of rotatable bonds is 8. The molecule has 1 saturated carbocycles. The first-order valence-electron chi connectivity index (χ1n) is 10.3. The van der Waals surface area contributed by atoms with Gasteiger partial charge in [-0.2, -0.15) is 0 Å². The summed E-state index contributed by atoms with van der Waals surface area (Å²) >= 11 is 0. The number of carboxylic acids is 1. The third kappa shape index (κ3) is 3.64. The molecule has 0 saturated heterocycles. The number of nitrogens with two attached hydrogens (primary N) is 1. The van der Waals surface area contributed by atoms with Gasteiger partial charge in [0.2, 0.25) is 0 Å². The van der Waals surface area contributed by atoms with E-state index in [-0.39, 0.29) is 11.8 Å². The lowest BCUT2D eigenvalue weighted by Crippen LogP contribution is -2.32. The minimum atomic E-state index is -1.02. The molecule has 0 amide bonds. The summed E-state index contributed by atoms with van der Waals surface area (Å²) in [5.74, 6) is -0.272. The quantitative estimate of drug-likeness (QED) is 0.525. The molecule has 1 heterocycles. The van der Waals surface area contributed by atoms with Gasteiger partial charge in [0.05, 0.1) is 17.1 Å². The van der Waals surface area contributed by atoms with Crippen LogP contribution in [0.3, 0.4) is 0 Å². The highest BCUT2D eigenvalue weighted by atomic mass is 16.5. The fourth-order valence-corrected chi connectivity index (χ4v) is 4.08. The maximum atomic E-state index is 11.0. The maximum absolute atomic E-state index is 11.0. The van der Waals surface area contributed by atoms with Gasteiger partial charge in [-0.1, -0.05) is 66.7 Å². The van der Waals surface area contributed by atoms with Gasteiger partial charge in [0.25, 0.3) is 0 Å². The van der Waals surface area contributed by atoms with Crippen molar-refractivity contribution in [3.8, 4) is 22.4 Å². The number of nitrogens with zero attached hydrogens (tertiary/aromatic N) is 1. The number of aliphatic hydroxyl groups is 1. The molecule has 6 heteroatoms. The van der Waals surface area contributed by atoms with E-state index in [2.05, 4.69) is 5.16 Å². The second-order valence-corrected chi connectivity index (χ2v) is 8.03. The number of hydrogen-bond donors (Lipinski definition) is 3. The molecule has 0 bridgehead atoms. The first kappa shape index (κ1) is 20.3. The monoisotopic (exact) mass is 406 g/mol. The van der Waals surface area contributed by atoms with Gasteiger partial charge in [0.15, 0.2) is 5.76 Å². The highest BCUT2D eigenvalue weighted by Crippen LogP contribution is 2.56. The van der Waals surface area contributed by atoms with E-state index in [1.54, 1.807) is 0 Å². The van der Waals surface area contributed by atoms with Crippen molar-refractivity contribution in [1.82, 2.24) is 5.16 Å². The number of hydrogen-bond acceptors (Lipinski definition) is 5. The van der Waals surface area contributed by atoms with Gasteiger partial charge < -0.3 is 20.5 Å². The summed E-state index contributed by atoms with van der Waals surface area (Å²) in [5.41, 5.74) is 9.62. The number of carbonyl (C=O) groups is 1. The first-order valence-corrected chi connectivity index (χ1v) is 10.3. The summed E-state index contributed by atoms with van der Waals surface area (Å²) in [7, 11) is 0. The van der Waals surface area contributed by atoms with Crippen LogP contribution in [0.25, 0.3) is 22.4 Å². The molecule has 156 valence electrons. The Hall–Kier alpha value is -2.96. The van der Waals surface area contributed by atoms with Crippen LogP contribution in [-0.2, 0) is 16.6 Å². The summed E-state index contributed by atoms with van der Waals surface area (Å²) < 4.78 is 5.87. The summed E-state index contributed by atoms with van der Waals surface area (Å²) in [4.78, 5) is 11.0. The predicted octanol–water partition coefficient (Wildman–Crippen LogP) is 3.77. The molecular formula is C24H26N2O4. The molecule has 0 aliphatic heterocycles. The highest BCUT2D eigenvalue weighted by Gasteiger charge is 2.54. The molecule has 1 aliphatic rings. The summed E-state index contributed by atoms with van der Waals surface area (Å²) in [6.07, 6.45) is 2.20. The molecule has 2 atom stereocenters. The van der Waals surface area contributed by atoms with Gasteiger partial charge in [0, 0.05) is 5.56 Å². The van der Waals surface area contributed by atoms with Gasteiger partial charge in [-0.3, -0.25) is 4.79 Å². The van der Waals surface area contributed by atoms with Crippen molar-refractivity contribution in [2.45, 2.75) is 50.2 Å². The SMILES string of the molecule is CC[C@H](O)C1(c2onc(-c3ccc(CC(N)C(=O)O)cc3)c2-c2ccccc2)CC1. The van der Waals surface area contributed by atoms with Crippen molar-refractivity contribution in [3.63, 3.8) is 0 Å². The molecule has 1 fully saturated rings. The molecule has 1 unspecified atom stereocenters. The van der Waals surface area contributed by atoms with Crippen LogP contribution in [0.4, 0.5) is 0 Å². The van der Waals surface area contributed by atoms with Gasteiger partial charge in [0.1, 0.15) is 11.7 Å². The molecule has 0 radical (unpaired) electrons. The number of aliphatic carboxylic acids is 1. The number of benzene rings is 2. The topological polar surface area (TPSA) is 110 Å². The Morgan fingerprint density at radius 1 is 1.13 bits per heavy atom. The van der Waals surface area contributed by atoms with E-state index in [4.69, 9.17) is 15.4 Å². The van der Waals surface area contributed by atoms with E-state index in [0.717, 1.165) is 46.5 Å². The van der Waals surface area contributed by atoms with Crippen molar-refractivity contribution in [3.05, 3.63) is 65.9 Å². The van der Waals surface area contributed by atoms with Crippen LogP contribution < -0.4 is 5.73 Å². The van der Waals surface area contributed by atoms with Gasteiger partial charge in [-0.15, -0.1) is 0 Å². The number of aromatic nitrogens is 1. The molecule has 6 nitrogen and oxygen atoms in total. The van der Waals surface area contributed by atoms with E-state index >= 15 is 0 Å². The second kappa shape index (κ2) is 8.05. The number of carboxylic acid groups (broad SMARTS) is 1. The number of aliphatic hydroxyl groups excluding tert-OH is 1. The Labute approximate surface area is 175 Å². The van der Waals surface area contributed by atoms with Crippen molar-refractivity contribution in [2.24, 2.45) is 5.73 Å². The average molecular weight is 406 g/mol. The standard InChI is InChI=1S/C24H26N2O4/c1-2-19(27)24(12-13-24)22-20(16-6-4-3-5-7-16)21(26-30-22)17-10-8-15(9-11-17)14-18(25)23(28)29/h3-11,18-19,27H,2,12-14,25H2,1H3,(H,28,29)/t18?,19-/m0/s1. The van der Waals surface area contributed by atoms with Crippen molar-refractivity contribution in [1.29, 1.82) is 0 Å². The molecule has 1 aromatic heterocycles. The van der Waals surface area contributed by atoms with Crippen molar-refractivity contribution < 1.29 is 19.5 Å². The lowest BCUT2D eigenvalue weighted by atomic mass is 9.87. The predicted molar refractivity (Wildman–Crippen MR) is 114 cm³/mol. The third-order valence-corrected chi connectivity index (χ3v) is 6.02. The summed E-state index contributed by atoms with van der Waals surface area (Å²) in [6, 6.07) is 16.6. The lowest BCUT2D eigenvalue weighted by molar-refractivity contribution is -0.138. The Bertz CT molecular complexity index is 1020. The zero-order valence-corrected chi connectivity index (χ0v) is 16.9. The molecule has 3 aromatic rings. The van der Waals surface area contributed by atoms with E-state index in [9.17, 15) is 9.90 Å². The molecule has 2 aromatic carbocycles. The smallest absolute Gasteiger partial charge is 0.320 e. The fraction of sp³-hybridized carbons (Fsp3) is 0.333. The van der Waals surface area contributed by atoms with E-state index < -0.39 is 18.1 Å². The zero-order valence-electron chi connectivity index (χ0n) is 16.9. The van der Waals surface area contributed by atoms with Crippen LogP contribution in [0, 0.1) is 0 Å². The third-order valence-electron chi connectivity index (χ3n) is 6.02. The van der Waals surface area contributed by atoms with Crippen LogP contribution in [0.2, 0.25) is 0 Å². The zero-order chi connectivity index (χ0) is 21.3. The van der Waals surface area contributed by atoms with E-state index in [1.807, 2.05) is 61.5 Å². The van der Waals surface area contributed by atoms with E-state index in [1.165, 1.54) is 0 Å². The van der Waals surface area contributed by atoms with Crippen LogP contribution >= 0.6 is 0 Å². The largest absolute Gasteiger partial charge is 0.480 e. The van der Waals surface area contributed by atoms with Crippen LogP contribution in [0.15, 0.2) is 59.1 Å². The first-order chi connectivity index (χ1) is 14.5. The molecule has 1 aliphatic carbocycles. The maximum Gasteiger partial charge on any atom is 0.320 e.